The van der Waals surface area contributed by atoms with Crippen LogP contribution in [0.5, 0.6) is 0 Å². The number of H-pyrrole nitrogens is 1. The Bertz CT molecular complexity index is 1810. The van der Waals surface area contributed by atoms with Crippen LogP contribution in [0.4, 0.5) is 0 Å². The first-order chi connectivity index (χ1) is 20.7. The molecular weight excluding hydrogens is 518 g/mol. The van der Waals surface area contributed by atoms with Crippen LogP contribution in [0.15, 0.2) is 106 Å². The van der Waals surface area contributed by atoms with E-state index in [-0.39, 0.29) is 5.78 Å². The number of aliphatic imine (C=N–C) groups is 2. The van der Waals surface area contributed by atoms with Crippen LogP contribution in [-0.4, -0.2) is 32.2 Å². The highest BCUT2D eigenvalue weighted by Crippen LogP contribution is 2.33. The fourth-order valence-electron chi connectivity index (χ4n) is 6.17. The zero-order valence-corrected chi connectivity index (χ0v) is 23.8. The summed E-state index contributed by atoms with van der Waals surface area (Å²) in [5.74, 6) is 1.27. The number of hydrogen-bond donors (Lipinski definition) is 1. The highest BCUT2D eigenvalue weighted by atomic mass is 16.1. The number of rotatable bonds is 7. The van der Waals surface area contributed by atoms with Gasteiger partial charge in [-0.25, -0.2) is 4.98 Å². The van der Waals surface area contributed by atoms with Crippen LogP contribution < -0.4 is 0 Å². The van der Waals surface area contributed by atoms with Gasteiger partial charge in [0.25, 0.3) is 0 Å². The number of Topliss-reactive ketones (excluding diaryl/α,β-unsaturated/α-hetero) is 1. The zero-order chi connectivity index (χ0) is 28.5. The minimum absolute atomic E-state index is 0.239. The minimum atomic E-state index is 0.239. The van der Waals surface area contributed by atoms with Crippen LogP contribution in [0, 0.1) is 0 Å². The summed E-state index contributed by atoms with van der Waals surface area (Å²) in [5, 5.41) is 0. The number of aryl methyl sites for hydroxylation is 2. The van der Waals surface area contributed by atoms with Gasteiger partial charge < -0.3 is 9.55 Å². The number of nitrogens with zero attached hydrogens (tertiary/aromatic N) is 4. The van der Waals surface area contributed by atoms with Crippen molar-refractivity contribution in [3.63, 3.8) is 0 Å². The summed E-state index contributed by atoms with van der Waals surface area (Å²) < 4.78 is 2.19. The molecule has 6 nitrogen and oxygen atoms in total. The van der Waals surface area contributed by atoms with E-state index < -0.39 is 0 Å². The fraction of sp³-hybridized carbons (Fsp3) is 0.222. The molecule has 0 saturated carbocycles. The van der Waals surface area contributed by atoms with Crippen molar-refractivity contribution >= 4 is 17.7 Å². The Morgan fingerprint density at radius 1 is 0.905 bits per heavy atom. The highest BCUT2D eigenvalue weighted by molar-refractivity contribution is 6.16. The van der Waals surface area contributed by atoms with Gasteiger partial charge in [0, 0.05) is 48.6 Å². The van der Waals surface area contributed by atoms with Crippen LogP contribution in [0.1, 0.15) is 65.9 Å². The molecule has 3 aliphatic rings. The van der Waals surface area contributed by atoms with Gasteiger partial charge in [-0.15, -0.1) is 0 Å². The normalized spacial score (nSPS) is 17.6. The number of allylic oxidation sites excluding steroid dienone is 4. The lowest BCUT2D eigenvalue weighted by molar-refractivity contribution is 0.0973. The number of carbonyl (C=O) groups is 1. The molecule has 1 aliphatic carbocycles. The summed E-state index contributed by atoms with van der Waals surface area (Å²) in [4.78, 5) is 30.7. The van der Waals surface area contributed by atoms with E-state index in [9.17, 15) is 4.79 Å². The number of fused-ring (bicyclic) bond motifs is 1. The van der Waals surface area contributed by atoms with E-state index in [1.165, 1.54) is 5.56 Å². The third-order valence-corrected chi connectivity index (χ3v) is 8.22. The van der Waals surface area contributed by atoms with Gasteiger partial charge in [-0.1, -0.05) is 55.5 Å². The smallest absolute Gasteiger partial charge is 0.181 e. The Kier molecular flexibility index (Phi) is 6.96. The molecule has 4 heterocycles. The lowest BCUT2D eigenvalue weighted by Crippen LogP contribution is -2.13. The Morgan fingerprint density at radius 2 is 1.71 bits per heavy atom. The summed E-state index contributed by atoms with van der Waals surface area (Å²) in [7, 11) is 0. The number of hydrogen-bond acceptors (Lipinski definition) is 4. The van der Waals surface area contributed by atoms with Crippen molar-refractivity contribution in [1.29, 1.82) is 0 Å². The van der Waals surface area contributed by atoms with Crippen molar-refractivity contribution in [3.05, 3.63) is 125 Å². The van der Waals surface area contributed by atoms with E-state index in [4.69, 9.17) is 4.98 Å². The molecule has 2 aliphatic heterocycles. The average molecular weight is 552 g/mol. The number of aromatic amines is 1. The standard InChI is InChI=1S/C36H33N5O/c1-2-8-34-40-32-11-5-6-13-33(42)36(32)41(34)23-24-14-16-25(17-15-24)26-9-3-4-10-27(26)30-18-19-31(39-30)35-28(20-22-38-35)29-12-7-21-37-29/h3-4,7,9-10,12,14-22,39H,2,5-6,8,11,13,23H2,1H3. The second-order valence-electron chi connectivity index (χ2n) is 11.0. The Labute approximate surface area is 246 Å². The number of aromatic nitrogens is 3. The molecule has 0 amide bonds. The lowest BCUT2D eigenvalue weighted by Gasteiger charge is -2.13. The van der Waals surface area contributed by atoms with Crippen molar-refractivity contribution in [2.24, 2.45) is 9.98 Å². The molecule has 42 heavy (non-hydrogen) atoms. The summed E-state index contributed by atoms with van der Waals surface area (Å²) in [6, 6.07) is 21.4. The molecule has 208 valence electrons. The summed E-state index contributed by atoms with van der Waals surface area (Å²) >= 11 is 0. The Balaban J connectivity index is 1.17. The monoisotopic (exact) mass is 551 g/mol. The van der Waals surface area contributed by atoms with Gasteiger partial charge in [-0.3, -0.25) is 14.8 Å². The first-order valence-corrected chi connectivity index (χ1v) is 14.9. The van der Waals surface area contributed by atoms with E-state index in [0.717, 1.165) is 94.4 Å². The third kappa shape index (κ3) is 4.83. The van der Waals surface area contributed by atoms with Crippen LogP contribution in [0.25, 0.3) is 22.4 Å². The van der Waals surface area contributed by atoms with Crippen molar-refractivity contribution in [3.8, 4) is 22.4 Å². The maximum atomic E-state index is 13.0. The summed E-state index contributed by atoms with van der Waals surface area (Å²) in [5.41, 5.74) is 11.3. The SMILES string of the molecule is CCCc1nc2c(n1Cc1ccc(-c3ccccc3-c3ccc(C4=NC=CC4=C4C=CC=N4)[nH]3)cc1)C(=O)CCCC2. The predicted molar refractivity (Wildman–Crippen MR) is 169 cm³/mol. The van der Waals surface area contributed by atoms with Gasteiger partial charge in [0.1, 0.15) is 11.5 Å². The van der Waals surface area contributed by atoms with Crippen LogP contribution in [-0.2, 0) is 19.4 Å². The summed E-state index contributed by atoms with van der Waals surface area (Å²) in [6.45, 7) is 2.83. The highest BCUT2D eigenvalue weighted by Gasteiger charge is 2.25. The lowest BCUT2D eigenvalue weighted by atomic mass is 9.97. The van der Waals surface area contributed by atoms with E-state index in [1.54, 1.807) is 0 Å². The molecule has 0 atom stereocenters. The Hall–Kier alpha value is -4.84. The molecule has 2 aromatic carbocycles. The van der Waals surface area contributed by atoms with Crippen LogP contribution in [0.2, 0.25) is 0 Å². The molecule has 4 aromatic rings. The molecule has 6 heteroatoms. The second-order valence-corrected chi connectivity index (χ2v) is 11.0. The van der Waals surface area contributed by atoms with Gasteiger partial charge in [-0.05, 0) is 72.7 Å². The molecule has 7 rings (SSSR count). The number of imidazole rings is 1. The number of ketones is 1. The van der Waals surface area contributed by atoms with Gasteiger partial charge >= 0.3 is 0 Å². The molecule has 0 unspecified atom stereocenters. The molecule has 0 radical (unpaired) electrons. The predicted octanol–water partition coefficient (Wildman–Crippen LogP) is 7.67. The molecule has 0 fully saturated rings. The van der Waals surface area contributed by atoms with Gasteiger partial charge in [0.15, 0.2) is 5.78 Å². The molecule has 1 N–H and O–H groups in total. The topological polar surface area (TPSA) is 75.4 Å². The van der Waals surface area contributed by atoms with Crippen molar-refractivity contribution in [2.45, 2.75) is 52.0 Å². The quantitative estimate of drug-likeness (QED) is 0.239. The van der Waals surface area contributed by atoms with Crippen LogP contribution in [0.3, 0.4) is 0 Å². The second kappa shape index (κ2) is 11.2. The van der Waals surface area contributed by atoms with E-state index in [2.05, 4.69) is 87.1 Å². The van der Waals surface area contributed by atoms with Gasteiger partial charge in [0.05, 0.1) is 22.8 Å². The maximum absolute atomic E-state index is 13.0. The van der Waals surface area contributed by atoms with Crippen molar-refractivity contribution in [2.75, 3.05) is 0 Å². The molecule has 0 spiro atoms. The Morgan fingerprint density at radius 3 is 2.52 bits per heavy atom. The maximum Gasteiger partial charge on any atom is 0.181 e. The zero-order valence-electron chi connectivity index (χ0n) is 23.8. The average Bonchev–Trinajstić information content (AvgIpc) is 3.82. The number of benzene rings is 2. The fourth-order valence-corrected chi connectivity index (χ4v) is 6.17. The first kappa shape index (κ1) is 26.1. The van der Waals surface area contributed by atoms with Gasteiger partial charge in [-0.2, -0.15) is 0 Å². The number of carbonyl (C=O) groups excluding carboxylic acids is 1. The van der Waals surface area contributed by atoms with Crippen molar-refractivity contribution < 1.29 is 4.79 Å². The van der Waals surface area contributed by atoms with Gasteiger partial charge in [0.2, 0.25) is 0 Å². The third-order valence-electron chi connectivity index (χ3n) is 8.22. The van der Waals surface area contributed by atoms with Crippen LogP contribution >= 0.6 is 0 Å². The first-order valence-electron chi connectivity index (χ1n) is 14.9. The molecule has 0 bridgehead atoms. The minimum Gasteiger partial charge on any atom is -0.353 e. The number of nitrogens with one attached hydrogen (secondary N) is 1. The molecule has 2 aromatic heterocycles. The summed E-state index contributed by atoms with van der Waals surface area (Å²) in [6.07, 6.45) is 15.0. The molecular formula is C36H33N5O. The van der Waals surface area contributed by atoms with E-state index in [1.807, 2.05) is 30.6 Å². The van der Waals surface area contributed by atoms with Crippen molar-refractivity contribution in [1.82, 2.24) is 14.5 Å². The van der Waals surface area contributed by atoms with E-state index >= 15 is 0 Å². The molecule has 0 saturated heterocycles. The largest absolute Gasteiger partial charge is 0.353 e. The van der Waals surface area contributed by atoms with E-state index in [0.29, 0.717) is 13.0 Å².